The van der Waals surface area contributed by atoms with Crippen molar-refractivity contribution < 1.29 is 15.2 Å². The molecule has 0 aromatic heterocycles. The van der Waals surface area contributed by atoms with Gasteiger partial charge in [-0.2, -0.15) is 0 Å². The van der Waals surface area contributed by atoms with Crippen LogP contribution in [0, 0.1) is 0 Å². The molecule has 0 aliphatic rings. The molecule has 3 aromatic carbocycles. The zero-order valence-electron chi connectivity index (χ0n) is 18.7. The third-order valence-electron chi connectivity index (χ3n) is 4.72. The van der Waals surface area contributed by atoms with E-state index in [1.807, 2.05) is 43.3 Å². The number of allylic oxidation sites excluding steroid dienone is 1. The summed E-state index contributed by atoms with van der Waals surface area (Å²) in [5, 5.41) is 13.3. The van der Waals surface area contributed by atoms with Crippen LogP contribution in [0.1, 0.15) is 23.6 Å². The first-order chi connectivity index (χ1) is 15.6. The molecule has 3 rings (SSSR count). The number of carboxylic acid groups (broad SMARTS) is 1. The lowest BCUT2D eigenvalue weighted by atomic mass is 10.2. The first-order valence-corrected chi connectivity index (χ1v) is 10.8. The van der Waals surface area contributed by atoms with Gasteiger partial charge in [0, 0.05) is 24.2 Å². The van der Waals surface area contributed by atoms with Crippen LogP contribution in [0.25, 0.3) is 0 Å². The van der Waals surface area contributed by atoms with E-state index in [9.17, 15) is 9.90 Å². The Balaban J connectivity index is 0.000000228. The maximum Gasteiger partial charge on any atom is 0.137 e. The molecular formula is C28H32N2O2. The van der Waals surface area contributed by atoms with Gasteiger partial charge in [-0.25, -0.2) is 0 Å². The summed E-state index contributed by atoms with van der Waals surface area (Å²) in [5.74, 6) is 0. The van der Waals surface area contributed by atoms with Crippen molar-refractivity contribution >= 4 is 6.09 Å². The fourth-order valence-corrected chi connectivity index (χ4v) is 3.16. The van der Waals surface area contributed by atoms with Crippen LogP contribution in [0.2, 0.25) is 0 Å². The molecule has 0 bridgehead atoms. The van der Waals surface area contributed by atoms with Gasteiger partial charge in [-0.1, -0.05) is 110 Å². The van der Waals surface area contributed by atoms with Crippen molar-refractivity contribution in [3.05, 3.63) is 132 Å². The van der Waals surface area contributed by atoms with Gasteiger partial charge in [0.05, 0.1) is 0 Å². The molecule has 0 unspecified atom stereocenters. The summed E-state index contributed by atoms with van der Waals surface area (Å²) in [5.41, 5.74) is 4.44. The predicted octanol–water partition coefficient (Wildman–Crippen LogP) is 3.91. The quantitative estimate of drug-likeness (QED) is 0.525. The second kappa shape index (κ2) is 14.4. The summed E-state index contributed by atoms with van der Waals surface area (Å²) < 4.78 is 0. The van der Waals surface area contributed by atoms with Crippen LogP contribution >= 0.6 is 0 Å². The molecule has 0 spiro atoms. The standard InChI is InChI=1S/C14H17NO2.C14H15N/c1-3-7-12(2)10-15(14(16)17)11-13-8-5-4-6-9-13;1-3-7-13(8-4-1)11-15-12-14-9-5-2-6-10-14/h3-9H,2,10-11H2,1H3,(H,16,17);1-10,15H,11-12H2/b7-3-;. The predicted molar refractivity (Wildman–Crippen MR) is 128 cm³/mol. The van der Waals surface area contributed by atoms with E-state index in [0.29, 0.717) is 6.54 Å². The van der Waals surface area contributed by atoms with Crippen molar-refractivity contribution in [1.82, 2.24) is 4.90 Å². The van der Waals surface area contributed by atoms with Gasteiger partial charge < -0.3 is 20.1 Å². The Morgan fingerprint density at radius 3 is 1.69 bits per heavy atom. The summed E-state index contributed by atoms with van der Waals surface area (Å²) in [6, 6.07) is 30.6. The number of carbonyl (C=O) groups excluding carboxylic acids is 1. The number of hydrogen-bond donors (Lipinski definition) is 1. The van der Waals surface area contributed by atoms with Crippen molar-refractivity contribution in [1.29, 1.82) is 0 Å². The number of nitrogens with two attached hydrogens (primary N) is 1. The third kappa shape index (κ3) is 9.92. The van der Waals surface area contributed by atoms with Crippen molar-refractivity contribution in [2.75, 3.05) is 6.54 Å². The van der Waals surface area contributed by atoms with Crippen molar-refractivity contribution in [2.45, 2.75) is 26.6 Å². The van der Waals surface area contributed by atoms with E-state index in [4.69, 9.17) is 0 Å². The Labute approximate surface area is 191 Å². The fourth-order valence-electron chi connectivity index (χ4n) is 3.16. The van der Waals surface area contributed by atoms with E-state index in [1.165, 1.54) is 16.0 Å². The van der Waals surface area contributed by atoms with Crippen molar-refractivity contribution in [3.8, 4) is 0 Å². The van der Waals surface area contributed by atoms with Crippen LogP contribution in [-0.4, -0.2) is 17.5 Å². The molecule has 166 valence electrons. The van der Waals surface area contributed by atoms with Gasteiger partial charge in [0.1, 0.15) is 19.2 Å². The van der Waals surface area contributed by atoms with Crippen LogP contribution in [0.15, 0.2) is 115 Å². The van der Waals surface area contributed by atoms with Crippen molar-refractivity contribution in [2.24, 2.45) is 0 Å². The van der Waals surface area contributed by atoms with Crippen LogP contribution in [0.5, 0.6) is 0 Å². The summed E-state index contributed by atoms with van der Waals surface area (Å²) in [4.78, 5) is 12.2. The van der Waals surface area contributed by atoms with Crippen LogP contribution < -0.4 is 10.4 Å². The Morgan fingerprint density at radius 1 is 0.844 bits per heavy atom. The summed E-state index contributed by atoms with van der Waals surface area (Å²) in [6.45, 7) is 8.34. The Kier molecular flexibility index (Phi) is 11.1. The SMILES string of the molecule is C=C(/C=C\C)CN(Cc1ccccc1)C(=O)[O-].c1ccc(C[NH2+]Cc2ccccc2)cc1. The molecule has 0 atom stereocenters. The summed E-state index contributed by atoms with van der Waals surface area (Å²) in [6.07, 6.45) is 2.44. The minimum atomic E-state index is -1.18. The lowest BCUT2D eigenvalue weighted by Gasteiger charge is -2.25. The average molecular weight is 429 g/mol. The topological polar surface area (TPSA) is 60.0 Å². The lowest BCUT2D eigenvalue weighted by Crippen LogP contribution is -2.80. The van der Waals surface area contributed by atoms with Gasteiger partial charge in [0.2, 0.25) is 0 Å². The number of benzene rings is 3. The number of carbonyl (C=O) groups is 1. The van der Waals surface area contributed by atoms with E-state index in [0.717, 1.165) is 24.2 Å². The summed E-state index contributed by atoms with van der Waals surface area (Å²) in [7, 11) is 0. The zero-order chi connectivity index (χ0) is 23.0. The van der Waals surface area contributed by atoms with Crippen LogP contribution in [-0.2, 0) is 19.6 Å². The first kappa shape index (κ1) is 24.6. The minimum absolute atomic E-state index is 0.265. The molecule has 3 aromatic rings. The molecule has 1 amide bonds. The molecule has 4 nitrogen and oxygen atoms in total. The van der Waals surface area contributed by atoms with E-state index < -0.39 is 6.09 Å². The molecular weight excluding hydrogens is 396 g/mol. The molecule has 0 aliphatic heterocycles. The van der Waals surface area contributed by atoms with Gasteiger partial charge in [-0.05, 0) is 18.1 Å². The molecule has 0 aliphatic carbocycles. The van der Waals surface area contributed by atoms with Crippen LogP contribution in [0.4, 0.5) is 4.79 Å². The number of rotatable bonds is 9. The number of quaternary nitrogens is 1. The maximum absolute atomic E-state index is 11.0. The summed E-state index contributed by atoms with van der Waals surface area (Å²) >= 11 is 0. The molecule has 0 fully saturated rings. The second-order valence-electron chi connectivity index (χ2n) is 7.43. The first-order valence-electron chi connectivity index (χ1n) is 10.8. The highest BCUT2D eigenvalue weighted by atomic mass is 16.4. The normalized spacial score (nSPS) is 10.3. The third-order valence-corrected chi connectivity index (χ3v) is 4.72. The smallest absolute Gasteiger partial charge is 0.137 e. The van der Waals surface area contributed by atoms with Crippen molar-refractivity contribution in [3.63, 3.8) is 0 Å². The molecule has 2 N–H and O–H groups in total. The van der Waals surface area contributed by atoms with Gasteiger partial charge in [0.15, 0.2) is 0 Å². The van der Waals surface area contributed by atoms with Gasteiger partial charge in [-0.3, -0.25) is 0 Å². The zero-order valence-corrected chi connectivity index (χ0v) is 18.7. The highest BCUT2D eigenvalue weighted by Gasteiger charge is 2.05. The van der Waals surface area contributed by atoms with Gasteiger partial charge in [0.25, 0.3) is 0 Å². The number of amides is 1. The highest BCUT2D eigenvalue weighted by Crippen LogP contribution is 2.07. The Morgan fingerprint density at radius 2 is 1.28 bits per heavy atom. The van der Waals surface area contributed by atoms with Crippen LogP contribution in [0.3, 0.4) is 0 Å². The second-order valence-corrected chi connectivity index (χ2v) is 7.43. The van der Waals surface area contributed by atoms with Gasteiger partial charge >= 0.3 is 0 Å². The molecule has 0 saturated heterocycles. The van der Waals surface area contributed by atoms with E-state index in [1.54, 1.807) is 6.08 Å². The molecule has 32 heavy (non-hydrogen) atoms. The number of nitrogens with zero attached hydrogens (tertiary/aromatic N) is 1. The molecule has 0 heterocycles. The highest BCUT2D eigenvalue weighted by molar-refractivity contribution is 5.63. The van der Waals surface area contributed by atoms with E-state index in [2.05, 4.69) is 72.6 Å². The largest absolute Gasteiger partial charge is 0.530 e. The lowest BCUT2D eigenvalue weighted by molar-refractivity contribution is -0.686. The molecule has 0 saturated carbocycles. The molecule has 0 radical (unpaired) electrons. The van der Waals surface area contributed by atoms with Gasteiger partial charge in [-0.15, -0.1) is 0 Å². The maximum atomic E-state index is 11.0. The Bertz CT molecular complexity index is 915. The Hall–Kier alpha value is -3.63. The molecule has 4 heteroatoms. The fraction of sp³-hybridized carbons (Fsp3) is 0.179. The monoisotopic (exact) mass is 428 g/mol. The average Bonchev–Trinajstić information content (AvgIpc) is 2.81. The van der Waals surface area contributed by atoms with E-state index in [-0.39, 0.29) is 6.54 Å². The minimum Gasteiger partial charge on any atom is -0.530 e. The van der Waals surface area contributed by atoms with E-state index >= 15 is 0 Å². The number of hydrogen-bond acceptors (Lipinski definition) is 2.